The maximum atomic E-state index is 11.3. The number of aliphatic carboxylic acids is 1. The average molecular weight is 263 g/mol. The first kappa shape index (κ1) is 14.0. The van der Waals surface area contributed by atoms with Crippen molar-refractivity contribution in [3.8, 4) is 0 Å². The normalized spacial score (nSPS) is 26.0. The Balaban J connectivity index is 1.98. The summed E-state index contributed by atoms with van der Waals surface area (Å²) in [7, 11) is 0. The summed E-state index contributed by atoms with van der Waals surface area (Å²) in [4.78, 5) is 13.3. The van der Waals surface area contributed by atoms with E-state index in [-0.39, 0.29) is 0 Å². The van der Waals surface area contributed by atoms with Crippen LogP contribution in [0.25, 0.3) is 0 Å². The highest BCUT2D eigenvalue weighted by Crippen LogP contribution is 2.30. The molecule has 2 rings (SSSR count). The van der Waals surface area contributed by atoms with Gasteiger partial charge in [-0.05, 0) is 31.9 Å². The molecule has 2 atom stereocenters. The van der Waals surface area contributed by atoms with Crippen molar-refractivity contribution in [2.24, 2.45) is 5.41 Å². The van der Waals surface area contributed by atoms with Crippen LogP contribution in [0.1, 0.15) is 31.4 Å². The van der Waals surface area contributed by atoms with Crippen LogP contribution in [0.2, 0.25) is 0 Å². The molecule has 19 heavy (non-hydrogen) atoms. The fourth-order valence-electron chi connectivity index (χ4n) is 2.70. The van der Waals surface area contributed by atoms with Gasteiger partial charge in [0.1, 0.15) is 0 Å². The zero-order valence-corrected chi connectivity index (χ0v) is 11.2. The second-order valence-corrected chi connectivity index (χ2v) is 5.63. The molecule has 0 bridgehead atoms. The number of hydrogen-bond donors (Lipinski definition) is 2. The highest BCUT2D eigenvalue weighted by Gasteiger charge is 2.38. The minimum atomic E-state index is -0.744. The van der Waals surface area contributed by atoms with E-state index in [1.165, 1.54) is 0 Å². The third-order valence-electron chi connectivity index (χ3n) is 3.91. The minimum Gasteiger partial charge on any atom is -0.481 e. The summed E-state index contributed by atoms with van der Waals surface area (Å²) in [5.41, 5.74) is 0.194. The Labute approximate surface area is 113 Å². The highest BCUT2D eigenvalue weighted by molar-refractivity contribution is 5.74. The molecule has 0 aliphatic carbocycles. The standard InChI is InChI=1S/C15H21NO3/c1-15(14(18)19)8-5-9-16(11-15)10-13(17)12-6-3-2-4-7-12/h2-4,6-7,13,17H,5,8-11H2,1H3,(H,18,19). The van der Waals surface area contributed by atoms with Crippen LogP contribution in [0.15, 0.2) is 30.3 Å². The molecular weight excluding hydrogens is 242 g/mol. The minimum absolute atomic E-state index is 0.493. The van der Waals surface area contributed by atoms with Crippen LogP contribution in [0.5, 0.6) is 0 Å². The van der Waals surface area contributed by atoms with E-state index in [1.807, 2.05) is 30.3 Å². The van der Waals surface area contributed by atoms with Gasteiger partial charge in [-0.1, -0.05) is 30.3 Å². The van der Waals surface area contributed by atoms with Gasteiger partial charge in [-0.2, -0.15) is 0 Å². The first-order valence-electron chi connectivity index (χ1n) is 6.70. The van der Waals surface area contributed by atoms with Crippen molar-refractivity contribution in [3.63, 3.8) is 0 Å². The van der Waals surface area contributed by atoms with Crippen LogP contribution in [-0.4, -0.2) is 40.7 Å². The third kappa shape index (κ3) is 3.33. The number of rotatable bonds is 4. The second kappa shape index (κ2) is 5.72. The number of benzene rings is 1. The number of nitrogens with zero attached hydrogens (tertiary/aromatic N) is 1. The molecule has 2 unspecified atom stereocenters. The van der Waals surface area contributed by atoms with Gasteiger partial charge >= 0.3 is 5.97 Å². The molecule has 1 heterocycles. The molecule has 4 nitrogen and oxygen atoms in total. The summed E-state index contributed by atoms with van der Waals surface area (Å²) in [5, 5.41) is 19.5. The number of β-amino-alcohol motifs (C(OH)–C–C–N with tert-alkyl or cyclic N) is 1. The Bertz CT molecular complexity index is 434. The Morgan fingerprint density at radius 3 is 2.74 bits per heavy atom. The fourth-order valence-corrected chi connectivity index (χ4v) is 2.70. The Morgan fingerprint density at radius 2 is 2.11 bits per heavy atom. The lowest BCUT2D eigenvalue weighted by atomic mass is 9.82. The van der Waals surface area contributed by atoms with E-state index in [0.717, 1.165) is 18.5 Å². The van der Waals surface area contributed by atoms with Crippen LogP contribution < -0.4 is 0 Å². The number of carboxylic acid groups (broad SMARTS) is 1. The lowest BCUT2D eigenvalue weighted by molar-refractivity contribution is -0.151. The summed E-state index contributed by atoms with van der Waals surface area (Å²) >= 11 is 0. The quantitative estimate of drug-likeness (QED) is 0.871. The van der Waals surface area contributed by atoms with Crippen LogP contribution in [0, 0.1) is 5.41 Å². The predicted molar refractivity (Wildman–Crippen MR) is 72.8 cm³/mol. The van der Waals surface area contributed by atoms with Crippen LogP contribution in [0.4, 0.5) is 0 Å². The van der Waals surface area contributed by atoms with Gasteiger partial charge < -0.3 is 10.2 Å². The van der Waals surface area contributed by atoms with Crippen LogP contribution in [0.3, 0.4) is 0 Å². The Morgan fingerprint density at radius 1 is 1.42 bits per heavy atom. The zero-order chi connectivity index (χ0) is 13.9. The number of carbonyl (C=O) groups is 1. The lowest BCUT2D eigenvalue weighted by Gasteiger charge is -2.38. The summed E-state index contributed by atoms with van der Waals surface area (Å²) in [6.45, 7) is 3.64. The fraction of sp³-hybridized carbons (Fsp3) is 0.533. The van der Waals surface area contributed by atoms with Crippen molar-refractivity contribution in [2.75, 3.05) is 19.6 Å². The van der Waals surface area contributed by atoms with Crippen molar-refractivity contribution in [1.29, 1.82) is 0 Å². The summed E-state index contributed by atoms with van der Waals surface area (Å²) in [6, 6.07) is 9.50. The Hall–Kier alpha value is -1.39. The van der Waals surface area contributed by atoms with Gasteiger partial charge in [0.2, 0.25) is 0 Å². The van der Waals surface area contributed by atoms with Gasteiger partial charge in [0.15, 0.2) is 0 Å². The molecule has 0 amide bonds. The molecule has 1 aliphatic heterocycles. The van der Waals surface area contributed by atoms with Crippen molar-refractivity contribution >= 4 is 5.97 Å². The summed E-state index contributed by atoms with van der Waals surface area (Å²) < 4.78 is 0. The van der Waals surface area contributed by atoms with E-state index >= 15 is 0 Å². The van der Waals surface area contributed by atoms with Crippen molar-refractivity contribution in [3.05, 3.63) is 35.9 Å². The highest BCUT2D eigenvalue weighted by atomic mass is 16.4. The molecule has 0 aromatic heterocycles. The molecule has 2 N–H and O–H groups in total. The maximum Gasteiger partial charge on any atom is 0.310 e. The lowest BCUT2D eigenvalue weighted by Crippen LogP contribution is -2.47. The molecular formula is C15H21NO3. The molecule has 0 saturated carbocycles. The molecule has 1 saturated heterocycles. The van der Waals surface area contributed by atoms with E-state index in [9.17, 15) is 15.0 Å². The summed E-state index contributed by atoms with van der Waals surface area (Å²) in [6.07, 6.45) is 1.02. The monoisotopic (exact) mass is 263 g/mol. The topological polar surface area (TPSA) is 60.8 Å². The largest absolute Gasteiger partial charge is 0.481 e. The van der Waals surface area contributed by atoms with Gasteiger partial charge in [-0.3, -0.25) is 9.69 Å². The number of carboxylic acids is 1. The number of hydrogen-bond acceptors (Lipinski definition) is 3. The van der Waals surface area contributed by atoms with Gasteiger partial charge in [-0.25, -0.2) is 0 Å². The molecule has 1 aliphatic rings. The smallest absolute Gasteiger partial charge is 0.310 e. The first-order valence-corrected chi connectivity index (χ1v) is 6.70. The zero-order valence-electron chi connectivity index (χ0n) is 11.2. The van der Waals surface area contributed by atoms with Crippen molar-refractivity contribution in [1.82, 2.24) is 4.90 Å². The molecule has 0 spiro atoms. The van der Waals surface area contributed by atoms with E-state index in [0.29, 0.717) is 19.5 Å². The van der Waals surface area contributed by atoms with Gasteiger partial charge in [0.05, 0.1) is 11.5 Å². The second-order valence-electron chi connectivity index (χ2n) is 5.63. The molecule has 1 aromatic rings. The number of aliphatic hydroxyl groups excluding tert-OH is 1. The Kier molecular flexibility index (Phi) is 4.22. The average Bonchev–Trinajstić information content (AvgIpc) is 2.39. The van der Waals surface area contributed by atoms with Crippen LogP contribution >= 0.6 is 0 Å². The molecule has 1 fully saturated rings. The van der Waals surface area contributed by atoms with Crippen LogP contribution in [-0.2, 0) is 4.79 Å². The molecule has 0 radical (unpaired) electrons. The number of piperidine rings is 1. The van der Waals surface area contributed by atoms with E-state index in [1.54, 1.807) is 6.92 Å². The van der Waals surface area contributed by atoms with Gasteiger partial charge in [0.25, 0.3) is 0 Å². The maximum absolute atomic E-state index is 11.3. The predicted octanol–water partition coefficient (Wildman–Crippen LogP) is 1.91. The third-order valence-corrected chi connectivity index (χ3v) is 3.91. The molecule has 104 valence electrons. The van der Waals surface area contributed by atoms with E-state index < -0.39 is 17.5 Å². The SMILES string of the molecule is CC1(C(=O)O)CCCN(CC(O)c2ccccc2)C1. The van der Waals surface area contributed by atoms with Gasteiger partial charge in [0, 0.05) is 13.1 Å². The number of likely N-dealkylation sites (tertiary alicyclic amines) is 1. The summed E-state index contributed by atoms with van der Waals surface area (Å²) in [5.74, 6) is -0.744. The van der Waals surface area contributed by atoms with E-state index in [4.69, 9.17) is 0 Å². The van der Waals surface area contributed by atoms with Crippen molar-refractivity contribution < 1.29 is 15.0 Å². The first-order chi connectivity index (χ1) is 9.01. The molecule has 4 heteroatoms. The van der Waals surface area contributed by atoms with E-state index in [2.05, 4.69) is 4.90 Å². The molecule has 1 aromatic carbocycles. The van der Waals surface area contributed by atoms with Gasteiger partial charge in [-0.15, -0.1) is 0 Å². The van der Waals surface area contributed by atoms with Crippen molar-refractivity contribution in [2.45, 2.75) is 25.9 Å². The number of aliphatic hydroxyl groups is 1.